The quantitative estimate of drug-likeness (QED) is 0.733. The van der Waals surface area contributed by atoms with Gasteiger partial charge in [0.25, 0.3) is 0 Å². The van der Waals surface area contributed by atoms with Crippen molar-refractivity contribution in [3.05, 3.63) is 29.8 Å². The van der Waals surface area contributed by atoms with Gasteiger partial charge in [0, 0.05) is 24.8 Å². The first-order chi connectivity index (χ1) is 8.13. The van der Waals surface area contributed by atoms with E-state index in [4.69, 9.17) is 5.73 Å². The molecule has 96 valence electrons. The standard InChI is InChI=1S/C15H26N2/c1-4-17(12-6-5-7-14(3)16)15-10-8-13(2)9-11-15/h8-11,14H,4-7,12,16H2,1-3H3. The molecule has 0 aliphatic carbocycles. The van der Waals surface area contributed by atoms with E-state index in [1.54, 1.807) is 0 Å². The minimum atomic E-state index is 0.337. The summed E-state index contributed by atoms with van der Waals surface area (Å²) >= 11 is 0. The van der Waals surface area contributed by atoms with Gasteiger partial charge in [0.1, 0.15) is 0 Å². The van der Waals surface area contributed by atoms with Crippen molar-refractivity contribution in [2.24, 2.45) is 5.73 Å². The van der Waals surface area contributed by atoms with Crippen LogP contribution in [-0.2, 0) is 0 Å². The summed E-state index contributed by atoms with van der Waals surface area (Å²) in [6.07, 6.45) is 3.58. The average molecular weight is 234 g/mol. The van der Waals surface area contributed by atoms with Gasteiger partial charge in [-0.15, -0.1) is 0 Å². The molecule has 0 heterocycles. The van der Waals surface area contributed by atoms with Gasteiger partial charge in [-0.25, -0.2) is 0 Å². The van der Waals surface area contributed by atoms with Gasteiger partial charge in [-0.3, -0.25) is 0 Å². The van der Waals surface area contributed by atoms with Crippen molar-refractivity contribution in [2.75, 3.05) is 18.0 Å². The molecule has 1 unspecified atom stereocenters. The van der Waals surface area contributed by atoms with Crippen LogP contribution < -0.4 is 10.6 Å². The lowest BCUT2D eigenvalue weighted by Crippen LogP contribution is -2.24. The third-order valence-corrected chi connectivity index (χ3v) is 3.12. The number of rotatable bonds is 7. The summed E-state index contributed by atoms with van der Waals surface area (Å²) in [4.78, 5) is 2.43. The first kappa shape index (κ1) is 14.0. The summed E-state index contributed by atoms with van der Waals surface area (Å²) in [7, 11) is 0. The Morgan fingerprint density at radius 1 is 1.18 bits per heavy atom. The number of aryl methyl sites for hydroxylation is 1. The van der Waals surface area contributed by atoms with E-state index >= 15 is 0 Å². The van der Waals surface area contributed by atoms with Crippen molar-refractivity contribution < 1.29 is 0 Å². The van der Waals surface area contributed by atoms with Gasteiger partial charge in [-0.1, -0.05) is 24.1 Å². The van der Waals surface area contributed by atoms with E-state index < -0.39 is 0 Å². The summed E-state index contributed by atoms with van der Waals surface area (Å²) < 4.78 is 0. The molecule has 0 aromatic heterocycles. The SMILES string of the molecule is CCN(CCCCC(C)N)c1ccc(C)cc1. The van der Waals surface area contributed by atoms with Crippen LogP contribution in [0.1, 0.15) is 38.7 Å². The Morgan fingerprint density at radius 2 is 1.82 bits per heavy atom. The summed E-state index contributed by atoms with van der Waals surface area (Å²) in [5, 5.41) is 0. The molecule has 0 amide bonds. The smallest absolute Gasteiger partial charge is 0.0366 e. The minimum Gasteiger partial charge on any atom is -0.372 e. The lowest BCUT2D eigenvalue weighted by molar-refractivity contribution is 0.591. The molecule has 0 spiro atoms. The van der Waals surface area contributed by atoms with E-state index in [0.29, 0.717) is 6.04 Å². The Hall–Kier alpha value is -1.02. The Labute approximate surface area is 106 Å². The third-order valence-electron chi connectivity index (χ3n) is 3.12. The zero-order valence-electron chi connectivity index (χ0n) is 11.4. The van der Waals surface area contributed by atoms with Crippen molar-refractivity contribution in [3.63, 3.8) is 0 Å². The number of anilines is 1. The van der Waals surface area contributed by atoms with Gasteiger partial charge >= 0.3 is 0 Å². The summed E-state index contributed by atoms with van der Waals surface area (Å²) in [6, 6.07) is 9.12. The predicted molar refractivity (Wildman–Crippen MR) is 76.6 cm³/mol. The van der Waals surface area contributed by atoms with Crippen LogP contribution in [0, 0.1) is 6.92 Å². The number of nitrogens with two attached hydrogens (primary N) is 1. The number of unbranched alkanes of at least 4 members (excludes halogenated alkanes) is 1. The minimum absolute atomic E-state index is 0.337. The van der Waals surface area contributed by atoms with Crippen LogP contribution in [0.4, 0.5) is 5.69 Å². The van der Waals surface area contributed by atoms with Gasteiger partial charge < -0.3 is 10.6 Å². The van der Waals surface area contributed by atoms with E-state index in [1.165, 1.54) is 24.1 Å². The van der Waals surface area contributed by atoms with Crippen molar-refractivity contribution >= 4 is 5.69 Å². The highest BCUT2D eigenvalue weighted by Crippen LogP contribution is 2.15. The van der Waals surface area contributed by atoms with Crippen molar-refractivity contribution in [1.29, 1.82) is 0 Å². The normalized spacial score (nSPS) is 12.5. The second kappa shape index (κ2) is 7.33. The molecule has 0 saturated heterocycles. The van der Waals surface area contributed by atoms with Crippen LogP contribution in [0.25, 0.3) is 0 Å². The van der Waals surface area contributed by atoms with Crippen molar-refractivity contribution in [1.82, 2.24) is 0 Å². The molecule has 1 aromatic rings. The molecule has 2 nitrogen and oxygen atoms in total. The van der Waals surface area contributed by atoms with Crippen LogP contribution in [0.3, 0.4) is 0 Å². The molecular formula is C15H26N2. The Balaban J connectivity index is 2.40. The molecule has 2 N–H and O–H groups in total. The number of hydrogen-bond acceptors (Lipinski definition) is 2. The molecule has 0 radical (unpaired) electrons. The highest BCUT2D eigenvalue weighted by molar-refractivity contribution is 5.47. The second-order valence-corrected chi connectivity index (χ2v) is 4.89. The molecule has 17 heavy (non-hydrogen) atoms. The maximum absolute atomic E-state index is 5.76. The van der Waals surface area contributed by atoms with Crippen LogP contribution in [0.15, 0.2) is 24.3 Å². The highest BCUT2D eigenvalue weighted by Gasteiger charge is 2.03. The van der Waals surface area contributed by atoms with Gasteiger partial charge in [-0.2, -0.15) is 0 Å². The van der Waals surface area contributed by atoms with Gasteiger partial charge in [0.15, 0.2) is 0 Å². The van der Waals surface area contributed by atoms with Crippen LogP contribution in [-0.4, -0.2) is 19.1 Å². The van der Waals surface area contributed by atoms with Crippen LogP contribution in [0.5, 0.6) is 0 Å². The van der Waals surface area contributed by atoms with E-state index in [9.17, 15) is 0 Å². The molecule has 0 fully saturated rings. The lowest BCUT2D eigenvalue weighted by atomic mass is 10.1. The molecule has 0 aliphatic heterocycles. The molecule has 2 heteroatoms. The Bertz CT molecular complexity index is 303. The second-order valence-electron chi connectivity index (χ2n) is 4.89. The molecular weight excluding hydrogens is 208 g/mol. The first-order valence-electron chi connectivity index (χ1n) is 6.70. The largest absolute Gasteiger partial charge is 0.372 e. The van der Waals surface area contributed by atoms with Gasteiger partial charge in [0.05, 0.1) is 0 Å². The van der Waals surface area contributed by atoms with Crippen LogP contribution >= 0.6 is 0 Å². The molecule has 0 aliphatic rings. The Kier molecular flexibility index (Phi) is 6.06. The Morgan fingerprint density at radius 3 is 2.35 bits per heavy atom. The number of benzene rings is 1. The van der Waals surface area contributed by atoms with E-state index in [2.05, 4.69) is 49.9 Å². The zero-order chi connectivity index (χ0) is 12.7. The fourth-order valence-corrected chi connectivity index (χ4v) is 1.99. The van der Waals surface area contributed by atoms with Crippen molar-refractivity contribution in [3.8, 4) is 0 Å². The summed E-state index contributed by atoms with van der Waals surface area (Å²) in [6.45, 7) is 8.62. The molecule has 0 bridgehead atoms. The monoisotopic (exact) mass is 234 g/mol. The molecule has 1 rings (SSSR count). The highest BCUT2D eigenvalue weighted by atomic mass is 15.1. The van der Waals surface area contributed by atoms with Crippen molar-refractivity contribution in [2.45, 2.75) is 46.1 Å². The maximum atomic E-state index is 5.76. The van der Waals surface area contributed by atoms with E-state index in [0.717, 1.165) is 19.5 Å². The maximum Gasteiger partial charge on any atom is 0.0366 e. The molecule has 1 atom stereocenters. The predicted octanol–water partition coefficient (Wildman–Crippen LogP) is 3.34. The number of hydrogen-bond donors (Lipinski definition) is 1. The van der Waals surface area contributed by atoms with Gasteiger partial charge in [-0.05, 0) is 45.7 Å². The van der Waals surface area contributed by atoms with Gasteiger partial charge in [0.2, 0.25) is 0 Å². The molecule has 1 aromatic carbocycles. The summed E-state index contributed by atoms with van der Waals surface area (Å²) in [5.74, 6) is 0. The first-order valence-corrected chi connectivity index (χ1v) is 6.70. The fraction of sp³-hybridized carbons (Fsp3) is 0.600. The van der Waals surface area contributed by atoms with E-state index in [1.807, 2.05) is 0 Å². The molecule has 0 saturated carbocycles. The lowest BCUT2D eigenvalue weighted by Gasteiger charge is -2.23. The topological polar surface area (TPSA) is 29.3 Å². The van der Waals surface area contributed by atoms with Crippen LogP contribution in [0.2, 0.25) is 0 Å². The zero-order valence-corrected chi connectivity index (χ0v) is 11.4. The van der Waals surface area contributed by atoms with E-state index in [-0.39, 0.29) is 0 Å². The third kappa shape index (κ3) is 5.22. The summed E-state index contributed by atoms with van der Waals surface area (Å²) in [5.41, 5.74) is 8.41. The number of nitrogens with zero attached hydrogens (tertiary/aromatic N) is 1. The average Bonchev–Trinajstić information content (AvgIpc) is 2.30. The fourth-order valence-electron chi connectivity index (χ4n) is 1.99.